The normalized spacial score (nSPS) is 19.0. The first-order valence-corrected chi connectivity index (χ1v) is 7.88. The van der Waals surface area contributed by atoms with Crippen LogP contribution < -0.4 is 0 Å². The number of hydrogen-bond acceptors (Lipinski definition) is 3. The lowest BCUT2D eigenvalue weighted by atomic mass is 10.1. The minimum atomic E-state index is -0.432. The predicted molar refractivity (Wildman–Crippen MR) is 82.3 cm³/mol. The molecule has 118 valence electrons. The highest BCUT2D eigenvalue weighted by Crippen LogP contribution is 2.28. The fourth-order valence-electron chi connectivity index (χ4n) is 2.68. The van der Waals surface area contributed by atoms with Gasteiger partial charge in [0.05, 0.1) is 6.33 Å². The second-order valence-electron chi connectivity index (χ2n) is 6.78. The highest BCUT2D eigenvalue weighted by Gasteiger charge is 2.31. The van der Waals surface area contributed by atoms with Crippen molar-refractivity contribution in [2.45, 2.75) is 65.0 Å². The Kier molecular flexibility index (Phi) is 4.91. The highest BCUT2D eigenvalue weighted by atomic mass is 16.6. The molecule has 0 aliphatic carbocycles. The number of aromatic nitrogens is 2. The maximum atomic E-state index is 12.1. The van der Waals surface area contributed by atoms with E-state index in [1.165, 1.54) is 12.1 Å². The lowest BCUT2D eigenvalue weighted by Gasteiger charge is -2.24. The summed E-state index contributed by atoms with van der Waals surface area (Å²) < 4.78 is 7.68. The zero-order valence-corrected chi connectivity index (χ0v) is 13.6. The molecule has 0 radical (unpaired) electrons. The third-order valence-corrected chi connectivity index (χ3v) is 3.76. The van der Waals surface area contributed by atoms with E-state index in [-0.39, 0.29) is 6.09 Å². The molecule has 21 heavy (non-hydrogen) atoms. The molecule has 1 atom stereocenters. The van der Waals surface area contributed by atoms with Crippen molar-refractivity contribution in [2.24, 2.45) is 0 Å². The number of likely N-dealkylation sites (tertiary alicyclic amines) is 1. The summed E-state index contributed by atoms with van der Waals surface area (Å²) >= 11 is 0. The van der Waals surface area contributed by atoms with Crippen LogP contribution in [0, 0.1) is 0 Å². The number of carbonyl (C=O) groups is 1. The van der Waals surface area contributed by atoms with Crippen molar-refractivity contribution in [2.75, 3.05) is 13.1 Å². The van der Waals surface area contributed by atoms with Crippen LogP contribution in [0.15, 0.2) is 12.5 Å². The van der Waals surface area contributed by atoms with Gasteiger partial charge in [0.15, 0.2) is 0 Å². The largest absolute Gasteiger partial charge is 0.444 e. The van der Waals surface area contributed by atoms with E-state index in [1.54, 1.807) is 0 Å². The van der Waals surface area contributed by atoms with Gasteiger partial charge in [0.1, 0.15) is 5.60 Å². The van der Waals surface area contributed by atoms with Gasteiger partial charge in [-0.25, -0.2) is 9.78 Å². The van der Waals surface area contributed by atoms with Gasteiger partial charge in [-0.1, -0.05) is 13.3 Å². The van der Waals surface area contributed by atoms with E-state index in [0.717, 1.165) is 32.5 Å². The van der Waals surface area contributed by atoms with Gasteiger partial charge in [-0.15, -0.1) is 0 Å². The van der Waals surface area contributed by atoms with E-state index in [0.29, 0.717) is 5.92 Å². The summed E-state index contributed by atoms with van der Waals surface area (Å²) in [6.07, 6.45) is 6.96. The molecule has 1 aliphatic heterocycles. The highest BCUT2D eigenvalue weighted by molar-refractivity contribution is 5.68. The van der Waals surface area contributed by atoms with Gasteiger partial charge in [0.2, 0.25) is 0 Å². The van der Waals surface area contributed by atoms with Gasteiger partial charge < -0.3 is 14.2 Å². The second kappa shape index (κ2) is 6.50. The van der Waals surface area contributed by atoms with Crippen molar-refractivity contribution in [1.82, 2.24) is 14.5 Å². The molecule has 5 heteroatoms. The number of imidazole rings is 1. The Balaban J connectivity index is 1.96. The van der Waals surface area contributed by atoms with Crippen molar-refractivity contribution < 1.29 is 9.53 Å². The first-order chi connectivity index (χ1) is 9.90. The summed E-state index contributed by atoms with van der Waals surface area (Å²) in [6, 6.07) is 0. The third kappa shape index (κ3) is 4.22. The molecule has 0 saturated carbocycles. The van der Waals surface area contributed by atoms with Gasteiger partial charge in [0.25, 0.3) is 0 Å². The molecule has 0 spiro atoms. The van der Waals surface area contributed by atoms with E-state index in [2.05, 4.69) is 16.5 Å². The van der Waals surface area contributed by atoms with Crippen LogP contribution in [-0.2, 0) is 11.3 Å². The van der Waals surface area contributed by atoms with Crippen molar-refractivity contribution in [3.05, 3.63) is 18.2 Å². The lowest BCUT2D eigenvalue weighted by molar-refractivity contribution is 0.0292. The van der Waals surface area contributed by atoms with Crippen LogP contribution in [0.25, 0.3) is 0 Å². The fraction of sp³-hybridized carbons (Fsp3) is 0.750. The van der Waals surface area contributed by atoms with Crippen LogP contribution in [-0.4, -0.2) is 39.2 Å². The van der Waals surface area contributed by atoms with Gasteiger partial charge in [0, 0.05) is 37.4 Å². The monoisotopic (exact) mass is 293 g/mol. The smallest absolute Gasteiger partial charge is 0.410 e. The van der Waals surface area contributed by atoms with Crippen molar-refractivity contribution in [3.63, 3.8) is 0 Å². The maximum Gasteiger partial charge on any atom is 0.410 e. The summed E-state index contributed by atoms with van der Waals surface area (Å²) in [5.41, 5.74) is 0.812. The van der Waals surface area contributed by atoms with Crippen LogP contribution in [0.5, 0.6) is 0 Å². The number of amides is 1. The molecule has 5 nitrogen and oxygen atoms in total. The number of aryl methyl sites for hydroxylation is 1. The minimum absolute atomic E-state index is 0.204. The third-order valence-electron chi connectivity index (χ3n) is 3.76. The molecule has 1 aliphatic rings. The molecule has 0 bridgehead atoms. The summed E-state index contributed by atoms with van der Waals surface area (Å²) in [7, 11) is 0. The minimum Gasteiger partial charge on any atom is -0.444 e. The Labute approximate surface area is 127 Å². The molecular weight excluding hydrogens is 266 g/mol. The summed E-state index contributed by atoms with van der Waals surface area (Å²) in [6.45, 7) is 10.4. The van der Waals surface area contributed by atoms with Crippen LogP contribution >= 0.6 is 0 Å². The average molecular weight is 293 g/mol. The van der Waals surface area contributed by atoms with Gasteiger partial charge >= 0.3 is 6.09 Å². The summed E-state index contributed by atoms with van der Waals surface area (Å²) in [5, 5.41) is 0. The van der Waals surface area contributed by atoms with E-state index >= 15 is 0 Å². The van der Waals surface area contributed by atoms with Gasteiger partial charge in [-0.3, -0.25) is 0 Å². The molecule has 2 rings (SSSR count). The fourth-order valence-corrected chi connectivity index (χ4v) is 2.68. The first-order valence-electron chi connectivity index (χ1n) is 7.88. The van der Waals surface area contributed by atoms with Crippen molar-refractivity contribution in [1.29, 1.82) is 0 Å². The predicted octanol–water partition coefficient (Wildman–Crippen LogP) is 3.41. The molecule has 0 N–H and O–H groups in total. The summed E-state index contributed by atoms with van der Waals surface area (Å²) in [4.78, 5) is 18.2. The average Bonchev–Trinajstić information content (AvgIpc) is 3.02. The molecule has 1 unspecified atom stereocenters. The number of hydrogen-bond donors (Lipinski definition) is 0. The molecule has 1 saturated heterocycles. The standard InChI is InChI=1S/C16H27N3O2/c1-5-6-8-19-12-17-10-14(19)13-7-9-18(11-13)15(20)21-16(2,3)4/h10,12-13H,5-9,11H2,1-4H3. The Morgan fingerprint density at radius 2 is 2.24 bits per heavy atom. The van der Waals surface area contributed by atoms with Crippen LogP contribution in [0.1, 0.15) is 58.6 Å². The van der Waals surface area contributed by atoms with E-state index in [1.807, 2.05) is 38.2 Å². The van der Waals surface area contributed by atoms with Crippen molar-refractivity contribution >= 4 is 6.09 Å². The number of rotatable bonds is 4. The number of unbranched alkanes of at least 4 members (excludes halogenated alkanes) is 1. The summed E-state index contributed by atoms with van der Waals surface area (Å²) in [5.74, 6) is 0.372. The molecule has 1 aromatic rings. The molecule has 1 aromatic heterocycles. The first kappa shape index (κ1) is 15.9. The van der Waals surface area contributed by atoms with E-state index in [4.69, 9.17) is 4.74 Å². The SMILES string of the molecule is CCCCn1cncc1C1CCN(C(=O)OC(C)(C)C)C1. The Morgan fingerprint density at radius 1 is 1.48 bits per heavy atom. The number of nitrogens with zero attached hydrogens (tertiary/aromatic N) is 3. The number of carbonyl (C=O) groups excluding carboxylic acids is 1. The molecule has 0 aromatic carbocycles. The lowest BCUT2D eigenvalue weighted by Crippen LogP contribution is -2.35. The zero-order valence-electron chi connectivity index (χ0n) is 13.6. The van der Waals surface area contributed by atoms with Gasteiger partial charge in [-0.2, -0.15) is 0 Å². The molecule has 1 fully saturated rings. The maximum absolute atomic E-state index is 12.1. The molecular formula is C16H27N3O2. The molecule has 2 heterocycles. The quantitative estimate of drug-likeness (QED) is 0.854. The van der Waals surface area contributed by atoms with Gasteiger partial charge in [-0.05, 0) is 33.6 Å². The van der Waals surface area contributed by atoms with Crippen LogP contribution in [0.3, 0.4) is 0 Å². The Hall–Kier alpha value is -1.52. The van der Waals surface area contributed by atoms with E-state index in [9.17, 15) is 4.79 Å². The zero-order chi connectivity index (χ0) is 15.5. The van der Waals surface area contributed by atoms with E-state index < -0.39 is 5.60 Å². The van der Waals surface area contributed by atoms with Crippen LogP contribution in [0.4, 0.5) is 4.79 Å². The van der Waals surface area contributed by atoms with Crippen LogP contribution in [0.2, 0.25) is 0 Å². The second-order valence-corrected chi connectivity index (χ2v) is 6.78. The Bertz CT molecular complexity index is 476. The Morgan fingerprint density at radius 3 is 2.90 bits per heavy atom. The molecule has 1 amide bonds. The number of ether oxygens (including phenoxy) is 1. The topological polar surface area (TPSA) is 47.4 Å². The van der Waals surface area contributed by atoms with Crippen molar-refractivity contribution in [3.8, 4) is 0 Å².